The van der Waals surface area contributed by atoms with E-state index in [0.717, 1.165) is 6.20 Å². The Labute approximate surface area is 107 Å². The van der Waals surface area contributed by atoms with Crippen molar-refractivity contribution >= 4 is 17.5 Å². The van der Waals surface area contributed by atoms with Gasteiger partial charge in [-0.2, -0.15) is 5.10 Å². The summed E-state index contributed by atoms with van der Waals surface area (Å²) in [5, 5.41) is 8.45. The van der Waals surface area contributed by atoms with Crippen LogP contribution < -0.4 is 11.1 Å². The number of rotatable bonds is 4. The highest BCUT2D eigenvalue weighted by atomic mass is 19.1. The Bertz CT molecular complexity index is 608. The van der Waals surface area contributed by atoms with Crippen LogP contribution in [-0.4, -0.2) is 27.0 Å². The number of H-pyrrole nitrogens is 1. The molecule has 0 aliphatic rings. The molecule has 0 atom stereocenters. The molecule has 2 rings (SSSR count). The lowest BCUT2D eigenvalue weighted by Gasteiger charge is -2.03. The van der Waals surface area contributed by atoms with Gasteiger partial charge in [-0.25, -0.2) is 4.39 Å². The molecule has 0 saturated carbocycles. The van der Waals surface area contributed by atoms with Crippen molar-refractivity contribution in [2.24, 2.45) is 5.73 Å². The third kappa shape index (κ3) is 3.12. The second-order valence-corrected chi connectivity index (χ2v) is 3.72. The molecular weight excluding hydrogens is 253 g/mol. The highest BCUT2D eigenvalue weighted by Gasteiger charge is 2.13. The Morgan fingerprint density at radius 1 is 1.37 bits per heavy atom. The van der Waals surface area contributed by atoms with E-state index in [4.69, 9.17) is 5.73 Å². The average Bonchev–Trinajstić information content (AvgIpc) is 2.80. The van der Waals surface area contributed by atoms with Gasteiger partial charge in [0.25, 0.3) is 5.91 Å². The van der Waals surface area contributed by atoms with Gasteiger partial charge >= 0.3 is 0 Å². The Morgan fingerprint density at radius 3 is 2.79 bits per heavy atom. The second kappa shape index (κ2) is 5.25. The van der Waals surface area contributed by atoms with Crippen molar-refractivity contribution in [1.29, 1.82) is 0 Å². The lowest BCUT2D eigenvalue weighted by Crippen LogP contribution is -2.19. The zero-order valence-corrected chi connectivity index (χ0v) is 9.68. The fourth-order valence-electron chi connectivity index (χ4n) is 1.44. The van der Waals surface area contributed by atoms with Gasteiger partial charge in [0.1, 0.15) is 11.5 Å². The topological polar surface area (TPSA) is 114 Å². The number of aromatic nitrogens is 3. The third-order valence-electron chi connectivity index (χ3n) is 2.29. The van der Waals surface area contributed by atoms with Gasteiger partial charge in [-0.1, -0.05) is 0 Å². The van der Waals surface area contributed by atoms with E-state index in [1.165, 1.54) is 18.3 Å². The Balaban J connectivity index is 2.03. The third-order valence-corrected chi connectivity index (χ3v) is 2.29. The summed E-state index contributed by atoms with van der Waals surface area (Å²) in [6.45, 7) is 0. The standard InChI is InChI=1S/C11H10FN5O2/c12-6-1-2-7(14-4-6)3-9(18)16-8-5-15-17-10(8)11(13)19/h1-2,4-5H,3H2,(H2,13,19)(H,15,17)(H,16,18). The number of pyridine rings is 1. The lowest BCUT2D eigenvalue weighted by atomic mass is 10.2. The van der Waals surface area contributed by atoms with E-state index in [0.29, 0.717) is 5.69 Å². The molecule has 0 aliphatic carbocycles. The Kier molecular flexibility index (Phi) is 3.51. The number of hydrogen-bond acceptors (Lipinski definition) is 4. The van der Waals surface area contributed by atoms with Gasteiger partial charge in [-0.15, -0.1) is 0 Å². The van der Waals surface area contributed by atoms with Crippen LogP contribution >= 0.6 is 0 Å². The van der Waals surface area contributed by atoms with Crippen molar-refractivity contribution in [1.82, 2.24) is 15.2 Å². The zero-order valence-electron chi connectivity index (χ0n) is 9.68. The molecule has 0 fully saturated rings. The number of anilines is 1. The molecular formula is C11H10FN5O2. The Morgan fingerprint density at radius 2 is 2.16 bits per heavy atom. The summed E-state index contributed by atoms with van der Waals surface area (Å²) >= 11 is 0. The van der Waals surface area contributed by atoms with Gasteiger partial charge in [-0.3, -0.25) is 19.7 Å². The molecule has 8 heteroatoms. The van der Waals surface area contributed by atoms with Crippen molar-refractivity contribution in [2.45, 2.75) is 6.42 Å². The van der Waals surface area contributed by atoms with Crippen LogP contribution in [0.2, 0.25) is 0 Å². The number of hydrogen-bond donors (Lipinski definition) is 3. The molecule has 0 unspecified atom stereocenters. The van der Waals surface area contributed by atoms with E-state index in [1.807, 2.05) is 0 Å². The zero-order chi connectivity index (χ0) is 13.8. The molecule has 0 bridgehead atoms. The van der Waals surface area contributed by atoms with Crippen molar-refractivity contribution in [3.05, 3.63) is 41.7 Å². The summed E-state index contributed by atoms with van der Waals surface area (Å²) in [5.41, 5.74) is 5.70. The number of carbonyl (C=O) groups excluding carboxylic acids is 2. The molecule has 98 valence electrons. The van der Waals surface area contributed by atoms with Crippen molar-refractivity contribution in [3.8, 4) is 0 Å². The summed E-state index contributed by atoms with van der Waals surface area (Å²) in [4.78, 5) is 26.5. The van der Waals surface area contributed by atoms with Crippen LogP contribution in [0.4, 0.5) is 10.1 Å². The highest BCUT2D eigenvalue weighted by molar-refractivity contribution is 6.01. The van der Waals surface area contributed by atoms with Crippen LogP contribution in [0, 0.1) is 5.82 Å². The first-order valence-electron chi connectivity index (χ1n) is 5.29. The van der Waals surface area contributed by atoms with E-state index in [2.05, 4.69) is 20.5 Å². The number of carbonyl (C=O) groups is 2. The van der Waals surface area contributed by atoms with Crippen molar-refractivity contribution in [2.75, 3.05) is 5.32 Å². The first-order chi connectivity index (χ1) is 9.06. The van der Waals surface area contributed by atoms with Crippen LogP contribution in [0.3, 0.4) is 0 Å². The van der Waals surface area contributed by atoms with Crippen LogP contribution in [0.5, 0.6) is 0 Å². The molecule has 2 heterocycles. The fraction of sp³-hybridized carbons (Fsp3) is 0.0909. The van der Waals surface area contributed by atoms with E-state index >= 15 is 0 Å². The number of primary amides is 1. The molecule has 0 aliphatic heterocycles. The van der Waals surface area contributed by atoms with Gasteiger partial charge in [0.15, 0.2) is 0 Å². The van der Waals surface area contributed by atoms with Gasteiger partial charge < -0.3 is 11.1 Å². The monoisotopic (exact) mass is 263 g/mol. The highest BCUT2D eigenvalue weighted by Crippen LogP contribution is 2.11. The lowest BCUT2D eigenvalue weighted by molar-refractivity contribution is -0.115. The Hall–Kier alpha value is -2.77. The van der Waals surface area contributed by atoms with Gasteiger partial charge in [0.05, 0.1) is 24.5 Å². The van der Waals surface area contributed by atoms with Crippen molar-refractivity contribution < 1.29 is 14.0 Å². The minimum Gasteiger partial charge on any atom is -0.364 e. The molecule has 7 nitrogen and oxygen atoms in total. The summed E-state index contributed by atoms with van der Waals surface area (Å²) in [7, 11) is 0. The maximum atomic E-state index is 12.6. The number of nitrogens with one attached hydrogen (secondary N) is 2. The first kappa shape index (κ1) is 12.7. The SMILES string of the molecule is NC(=O)c1[nH]ncc1NC(=O)Cc1ccc(F)cn1. The summed E-state index contributed by atoms with van der Waals surface area (Å²) < 4.78 is 12.6. The number of halogens is 1. The first-order valence-corrected chi connectivity index (χ1v) is 5.29. The molecule has 0 saturated heterocycles. The fourth-order valence-corrected chi connectivity index (χ4v) is 1.44. The molecule has 2 aromatic heterocycles. The molecule has 2 aromatic rings. The van der Waals surface area contributed by atoms with E-state index < -0.39 is 17.6 Å². The molecule has 4 N–H and O–H groups in total. The number of nitrogens with two attached hydrogens (primary N) is 1. The largest absolute Gasteiger partial charge is 0.364 e. The minimum absolute atomic E-state index is 0.0143. The average molecular weight is 263 g/mol. The van der Waals surface area contributed by atoms with Crippen LogP contribution in [0.15, 0.2) is 24.5 Å². The second-order valence-electron chi connectivity index (χ2n) is 3.72. The number of aromatic amines is 1. The molecule has 0 spiro atoms. The van der Waals surface area contributed by atoms with Crippen LogP contribution in [-0.2, 0) is 11.2 Å². The maximum absolute atomic E-state index is 12.6. The summed E-state index contributed by atoms with van der Waals surface area (Å²) in [6.07, 6.45) is 2.25. The summed E-state index contributed by atoms with van der Waals surface area (Å²) in [6, 6.07) is 2.61. The smallest absolute Gasteiger partial charge is 0.268 e. The molecule has 19 heavy (non-hydrogen) atoms. The summed E-state index contributed by atoms with van der Waals surface area (Å²) in [5.74, 6) is -1.62. The molecule has 0 aromatic carbocycles. The van der Waals surface area contributed by atoms with E-state index in [9.17, 15) is 14.0 Å². The number of nitrogens with zero attached hydrogens (tertiary/aromatic N) is 2. The van der Waals surface area contributed by atoms with Crippen molar-refractivity contribution in [3.63, 3.8) is 0 Å². The maximum Gasteiger partial charge on any atom is 0.268 e. The quantitative estimate of drug-likeness (QED) is 0.732. The molecule has 0 radical (unpaired) electrons. The van der Waals surface area contributed by atoms with Gasteiger partial charge in [0.2, 0.25) is 5.91 Å². The van der Waals surface area contributed by atoms with E-state index in [1.54, 1.807) is 0 Å². The molecule has 2 amide bonds. The van der Waals surface area contributed by atoms with Gasteiger partial charge in [0, 0.05) is 5.69 Å². The van der Waals surface area contributed by atoms with Crippen LogP contribution in [0.25, 0.3) is 0 Å². The van der Waals surface area contributed by atoms with Crippen LogP contribution in [0.1, 0.15) is 16.2 Å². The van der Waals surface area contributed by atoms with Gasteiger partial charge in [-0.05, 0) is 12.1 Å². The van der Waals surface area contributed by atoms with E-state index in [-0.39, 0.29) is 17.8 Å². The predicted octanol–water partition coefficient (Wildman–Crippen LogP) is 0.224. The normalized spacial score (nSPS) is 10.2. The minimum atomic E-state index is -0.729. The number of amides is 2. The predicted molar refractivity (Wildman–Crippen MR) is 63.6 cm³/mol.